The van der Waals surface area contributed by atoms with Crippen molar-refractivity contribution in [3.8, 4) is 0 Å². The molecule has 0 saturated carbocycles. The summed E-state index contributed by atoms with van der Waals surface area (Å²) in [6.45, 7) is 5.11. The molecule has 0 radical (unpaired) electrons. The number of hydrogen-bond donors (Lipinski definition) is 0. The summed E-state index contributed by atoms with van der Waals surface area (Å²) in [4.78, 5) is 0. The molecule has 0 aliphatic carbocycles. The van der Waals surface area contributed by atoms with E-state index in [1.54, 1.807) is 26.8 Å². The van der Waals surface area contributed by atoms with E-state index in [2.05, 4.69) is 15.9 Å². The van der Waals surface area contributed by atoms with Gasteiger partial charge in [0.25, 0.3) is 0 Å². The van der Waals surface area contributed by atoms with Gasteiger partial charge in [0.2, 0.25) is 0 Å². The van der Waals surface area contributed by atoms with Crippen LogP contribution in [-0.4, -0.2) is 24.2 Å². The fourth-order valence-electron chi connectivity index (χ4n) is 1.70. The van der Waals surface area contributed by atoms with E-state index < -0.39 is 14.6 Å². The van der Waals surface area contributed by atoms with E-state index in [1.165, 1.54) is 12.1 Å². The van der Waals surface area contributed by atoms with Gasteiger partial charge < -0.3 is 0 Å². The van der Waals surface area contributed by atoms with Crippen LogP contribution in [-0.2, 0) is 9.84 Å². The molecule has 0 fully saturated rings. The Labute approximate surface area is 123 Å². The summed E-state index contributed by atoms with van der Waals surface area (Å²) in [5.41, 5.74) is 0.834. The van der Waals surface area contributed by atoms with E-state index in [4.69, 9.17) is 0 Å². The Morgan fingerprint density at radius 1 is 1.32 bits per heavy atom. The van der Waals surface area contributed by atoms with E-state index in [1.807, 2.05) is 6.07 Å². The van der Waals surface area contributed by atoms with Gasteiger partial charge in [0.05, 0.1) is 10.5 Å². The summed E-state index contributed by atoms with van der Waals surface area (Å²) >= 11 is 3.38. The standard InChI is InChI=1S/C14H20BrFO2S/c1-14(2,3)19(17,18)8-7-12(10-15)11-5-4-6-13(16)9-11/h4-6,9,12H,7-8,10H2,1-3H3. The van der Waals surface area contributed by atoms with Gasteiger partial charge in [0, 0.05) is 5.33 Å². The Balaban J connectivity index is 2.80. The molecule has 0 aromatic heterocycles. The third-order valence-corrected chi connectivity index (χ3v) is 6.60. The van der Waals surface area contributed by atoms with Crippen molar-refractivity contribution < 1.29 is 12.8 Å². The lowest BCUT2D eigenvalue weighted by Gasteiger charge is -2.21. The average Bonchev–Trinajstić information content (AvgIpc) is 2.28. The van der Waals surface area contributed by atoms with E-state index in [9.17, 15) is 12.8 Å². The van der Waals surface area contributed by atoms with Gasteiger partial charge >= 0.3 is 0 Å². The highest BCUT2D eigenvalue weighted by Crippen LogP contribution is 2.26. The Kier molecular flexibility index (Phi) is 5.56. The molecule has 0 bridgehead atoms. The van der Waals surface area contributed by atoms with Crippen LogP contribution in [0, 0.1) is 5.82 Å². The van der Waals surface area contributed by atoms with Crippen LogP contribution < -0.4 is 0 Å². The van der Waals surface area contributed by atoms with Gasteiger partial charge in [-0.3, -0.25) is 0 Å². The van der Waals surface area contributed by atoms with Gasteiger partial charge in [0.15, 0.2) is 9.84 Å². The van der Waals surface area contributed by atoms with Gasteiger partial charge in [-0.1, -0.05) is 28.1 Å². The molecule has 108 valence electrons. The highest BCUT2D eigenvalue weighted by molar-refractivity contribution is 9.09. The fraction of sp³-hybridized carbons (Fsp3) is 0.571. The third-order valence-electron chi connectivity index (χ3n) is 3.17. The van der Waals surface area contributed by atoms with E-state index >= 15 is 0 Å². The van der Waals surface area contributed by atoms with Crippen molar-refractivity contribution in [3.63, 3.8) is 0 Å². The largest absolute Gasteiger partial charge is 0.228 e. The molecule has 2 nitrogen and oxygen atoms in total. The zero-order valence-corrected chi connectivity index (χ0v) is 13.9. The van der Waals surface area contributed by atoms with E-state index in [0.717, 1.165) is 5.56 Å². The first-order valence-corrected chi connectivity index (χ1v) is 8.98. The second kappa shape index (κ2) is 6.35. The molecule has 0 amide bonds. The minimum Gasteiger partial charge on any atom is -0.228 e. The molecule has 19 heavy (non-hydrogen) atoms. The fourth-order valence-corrected chi connectivity index (χ4v) is 3.60. The molecule has 0 N–H and O–H groups in total. The Morgan fingerprint density at radius 3 is 2.42 bits per heavy atom. The first-order chi connectivity index (χ1) is 8.67. The van der Waals surface area contributed by atoms with E-state index in [0.29, 0.717) is 11.8 Å². The Bertz CT molecular complexity index is 520. The molecule has 0 heterocycles. The highest BCUT2D eigenvalue weighted by atomic mass is 79.9. The molecule has 0 spiro atoms. The zero-order chi connectivity index (χ0) is 14.7. The summed E-state index contributed by atoms with van der Waals surface area (Å²) in [6, 6.07) is 6.34. The third kappa shape index (κ3) is 4.56. The van der Waals surface area contributed by atoms with Crippen LogP contribution in [0.15, 0.2) is 24.3 Å². The first-order valence-electron chi connectivity index (χ1n) is 6.21. The normalized spacial score (nSPS) is 14.4. The molecule has 0 aliphatic rings. The van der Waals surface area contributed by atoms with Crippen molar-refractivity contribution in [2.45, 2.75) is 37.9 Å². The maximum atomic E-state index is 13.2. The number of benzene rings is 1. The van der Waals surface area contributed by atoms with Crippen LogP contribution in [0.1, 0.15) is 38.7 Å². The van der Waals surface area contributed by atoms with Gasteiger partial charge in [0.1, 0.15) is 5.82 Å². The predicted molar refractivity (Wildman–Crippen MR) is 81.1 cm³/mol. The topological polar surface area (TPSA) is 34.1 Å². The van der Waals surface area contributed by atoms with Crippen LogP contribution in [0.25, 0.3) is 0 Å². The van der Waals surface area contributed by atoms with Crippen LogP contribution in [0.5, 0.6) is 0 Å². The number of alkyl halides is 1. The van der Waals surface area contributed by atoms with Gasteiger partial charge in [-0.15, -0.1) is 0 Å². The lowest BCUT2D eigenvalue weighted by molar-refractivity contribution is 0.554. The van der Waals surface area contributed by atoms with Crippen LogP contribution in [0.2, 0.25) is 0 Å². The summed E-state index contributed by atoms with van der Waals surface area (Å²) in [7, 11) is -3.14. The molecular formula is C14H20BrFO2S. The molecule has 1 rings (SSSR count). The van der Waals surface area contributed by atoms with Crippen molar-refractivity contribution in [1.29, 1.82) is 0 Å². The van der Waals surface area contributed by atoms with Crippen LogP contribution in [0.4, 0.5) is 4.39 Å². The van der Waals surface area contributed by atoms with Crippen molar-refractivity contribution in [3.05, 3.63) is 35.6 Å². The average molecular weight is 351 g/mol. The van der Waals surface area contributed by atoms with Crippen molar-refractivity contribution in [2.24, 2.45) is 0 Å². The predicted octanol–water partition coefficient (Wildman–Crippen LogP) is 3.91. The summed E-state index contributed by atoms with van der Waals surface area (Å²) in [5, 5.41) is 0.621. The van der Waals surface area contributed by atoms with Gasteiger partial charge in [-0.25, -0.2) is 12.8 Å². The Hall–Kier alpha value is -0.420. The summed E-state index contributed by atoms with van der Waals surface area (Å²) in [5.74, 6) is -0.168. The smallest absolute Gasteiger partial charge is 0.155 e. The molecule has 1 unspecified atom stereocenters. The van der Waals surface area contributed by atoms with Crippen molar-refractivity contribution in [2.75, 3.05) is 11.1 Å². The van der Waals surface area contributed by atoms with Gasteiger partial charge in [-0.2, -0.15) is 0 Å². The lowest BCUT2D eigenvalue weighted by atomic mass is 9.99. The molecule has 0 saturated heterocycles. The molecule has 1 aromatic rings. The monoisotopic (exact) mass is 350 g/mol. The second-order valence-electron chi connectivity index (χ2n) is 5.63. The summed E-state index contributed by atoms with van der Waals surface area (Å²) < 4.78 is 36.6. The van der Waals surface area contributed by atoms with Crippen LogP contribution >= 0.6 is 15.9 Å². The number of hydrogen-bond acceptors (Lipinski definition) is 2. The van der Waals surface area contributed by atoms with Crippen molar-refractivity contribution >= 4 is 25.8 Å². The first kappa shape index (κ1) is 16.6. The summed E-state index contributed by atoms with van der Waals surface area (Å²) in [6.07, 6.45) is 0.494. The van der Waals surface area contributed by atoms with Crippen molar-refractivity contribution in [1.82, 2.24) is 0 Å². The number of sulfone groups is 1. The maximum Gasteiger partial charge on any atom is 0.155 e. The minimum atomic E-state index is -3.14. The van der Waals surface area contributed by atoms with Gasteiger partial charge in [-0.05, 0) is 50.8 Å². The second-order valence-corrected chi connectivity index (χ2v) is 9.14. The zero-order valence-electron chi connectivity index (χ0n) is 11.5. The quantitative estimate of drug-likeness (QED) is 0.754. The molecule has 1 aromatic carbocycles. The molecule has 0 aliphatic heterocycles. The maximum absolute atomic E-state index is 13.2. The highest BCUT2D eigenvalue weighted by Gasteiger charge is 2.29. The van der Waals surface area contributed by atoms with E-state index in [-0.39, 0.29) is 17.5 Å². The number of halogens is 2. The SMILES string of the molecule is CC(C)(C)S(=O)(=O)CCC(CBr)c1cccc(F)c1. The van der Waals surface area contributed by atoms with Crippen LogP contribution in [0.3, 0.4) is 0 Å². The molecular weight excluding hydrogens is 331 g/mol. The molecule has 5 heteroatoms. The molecule has 1 atom stereocenters. The lowest BCUT2D eigenvalue weighted by Crippen LogP contribution is -2.31. The minimum absolute atomic E-state index is 0.00725. The number of rotatable bonds is 5. The Morgan fingerprint density at radius 2 is 1.95 bits per heavy atom.